The maximum absolute atomic E-state index is 10.7. The Balaban J connectivity index is 2.44. The van der Waals surface area contributed by atoms with E-state index in [0.29, 0.717) is 5.56 Å². The fourth-order valence-corrected chi connectivity index (χ4v) is 1.54. The molecule has 80 valence electrons. The van der Waals surface area contributed by atoms with Crippen LogP contribution in [0.3, 0.4) is 0 Å². The average molecular weight is 214 g/mol. The Bertz CT molecular complexity index is 497. The Morgan fingerprint density at radius 1 is 1.12 bits per heavy atom. The normalized spacial score (nSPS) is 10.0. The van der Waals surface area contributed by atoms with Crippen molar-refractivity contribution < 1.29 is 9.90 Å². The highest BCUT2D eigenvalue weighted by molar-refractivity contribution is 5.76. The first-order valence-electron chi connectivity index (χ1n) is 4.82. The molecule has 2 aromatic rings. The highest BCUT2D eigenvalue weighted by atomic mass is 16.4. The molecule has 0 saturated carbocycles. The highest BCUT2D eigenvalue weighted by Crippen LogP contribution is 2.22. The molecule has 0 radical (unpaired) electrons. The van der Waals surface area contributed by atoms with Crippen LogP contribution in [0.5, 0.6) is 0 Å². The third-order valence-corrected chi connectivity index (χ3v) is 2.24. The molecule has 0 aliphatic carbocycles. The van der Waals surface area contributed by atoms with E-state index in [-0.39, 0.29) is 6.42 Å². The van der Waals surface area contributed by atoms with Gasteiger partial charge in [-0.1, -0.05) is 0 Å². The Morgan fingerprint density at radius 2 is 1.81 bits per heavy atom. The van der Waals surface area contributed by atoms with Crippen molar-refractivity contribution in [1.82, 2.24) is 9.97 Å². The van der Waals surface area contributed by atoms with E-state index < -0.39 is 5.97 Å². The number of hydrogen-bond acceptors (Lipinski definition) is 3. The van der Waals surface area contributed by atoms with Crippen LogP contribution in [-0.4, -0.2) is 21.0 Å². The molecule has 0 atom stereocenters. The van der Waals surface area contributed by atoms with Crippen molar-refractivity contribution in [3.05, 3.63) is 48.5 Å². The van der Waals surface area contributed by atoms with Gasteiger partial charge in [0.25, 0.3) is 0 Å². The van der Waals surface area contributed by atoms with Gasteiger partial charge in [-0.15, -0.1) is 0 Å². The van der Waals surface area contributed by atoms with Crippen molar-refractivity contribution in [2.75, 3.05) is 0 Å². The summed E-state index contributed by atoms with van der Waals surface area (Å²) in [6, 6.07) is 5.51. The molecule has 0 saturated heterocycles. The first-order chi connectivity index (χ1) is 7.77. The molecular formula is C12H10N2O2. The maximum Gasteiger partial charge on any atom is 0.307 e. The van der Waals surface area contributed by atoms with Crippen molar-refractivity contribution in [3.8, 4) is 11.1 Å². The Hall–Kier alpha value is -2.23. The Labute approximate surface area is 92.6 Å². The highest BCUT2D eigenvalue weighted by Gasteiger charge is 2.08. The molecule has 0 fully saturated rings. The van der Waals surface area contributed by atoms with Crippen molar-refractivity contribution >= 4 is 5.97 Å². The van der Waals surface area contributed by atoms with Gasteiger partial charge in [0.15, 0.2) is 0 Å². The number of hydrogen-bond donors (Lipinski definition) is 1. The van der Waals surface area contributed by atoms with Gasteiger partial charge in [0.05, 0.1) is 6.42 Å². The molecule has 2 aromatic heterocycles. The van der Waals surface area contributed by atoms with E-state index in [2.05, 4.69) is 9.97 Å². The lowest BCUT2D eigenvalue weighted by Gasteiger charge is -2.06. The third kappa shape index (κ3) is 2.23. The number of carboxylic acids is 1. The molecule has 0 spiro atoms. The fourth-order valence-electron chi connectivity index (χ4n) is 1.54. The number of carbonyl (C=O) groups is 1. The van der Waals surface area contributed by atoms with Crippen LogP contribution >= 0.6 is 0 Å². The zero-order chi connectivity index (χ0) is 11.4. The standard InChI is InChI=1S/C12H10N2O2/c15-12(16)7-10-8-14-6-3-11(10)9-1-4-13-5-2-9/h1-6,8H,7H2,(H,15,16). The van der Waals surface area contributed by atoms with Crippen molar-refractivity contribution in [3.63, 3.8) is 0 Å². The predicted octanol–water partition coefficient (Wildman–Crippen LogP) is 1.77. The van der Waals surface area contributed by atoms with Crippen LogP contribution in [0.25, 0.3) is 11.1 Å². The molecule has 1 N–H and O–H groups in total. The number of carboxylic acid groups (broad SMARTS) is 1. The van der Waals surface area contributed by atoms with Crippen molar-refractivity contribution in [2.45, 2.75) is 6.42 Å². The summed E-state index contributed by atoms with van der Waals surface area (Å²) in [5, 5.41) is 8.80. The summed E-state index contributed by atoms with van der Waals surface area (Å²) in [6.45, 7) is 0. The fraction of sp³-hybridized carbons (Fsp3) is 0.0833. The van der Waals surface area contributed by atoms with Gasteiger partial charge in [-0.05, 0) is 34.9 Å². The molecule has 2 heterocycles. The lowest BCUT2D eigenvalue weighted by Crippen LogP contribution is -2.02. The zero-order valence-electron chi connectivity index (χ0n) is 8.50. The smallest absolute Gasteiger partial charge is 0.307 e. The minimum atomic E-state index is -0.858. The van der Waals surface area contributed by atoms with Gasteiger partial charge in [0.1, 0.15) is 0 Å². The molecule has 4 nitrogen and oxygen atoms in total. The molecule has 0 amide bonds. The minimum absolute atomic E-state index is 0.0223. The summed E-state index contributed by atoms with van der Waals surface area (Å²) in [5.74, 6) is -0.858. The van der Waals surface area contributed by atoms with E-state index in [1.165, 1.54) is 0 Å². The van der Waals surface area contributed by atoms with Crippen molar-refractivity contribution in [1.29, 1.82) is 0 Å². The largest absolute Gasteiger partial charge is 0.481 e. The van der Waals surface area contributed by atoms with E-state index in [4.69, 9.17) is 5.11 Å². The molecule has 0 aliphatic rings. The van der Waals surface area contributed by atoms with Gasteiger partial charge >= 0.3 is 5.97 Å². The first-order valence-corrected chi connectivity index (χ1v) is 4.82. The molecular weight excluding hydrogens is 204 g/mol. The van der Waals surface area contributed by atoms with Crippen LogP contribution < -0.4 is 0 Å². The predicted molar refractivity (Wildman–Crippen MR) is 58.8 cm³/mol. The summed E-state index contributed by atoms with van der Waals surface area (Å²) >= 11 is 0. The van der Waals surface area contributed by atoms with Crippen LogP contribution in [-0.2, 0) is 11.2 Å². The van der Waals surface area contributed by atoms with Gasteiger partial charge in [0.2, 0.25) is 0 Å². The molecule has 0 bridgehead atoms. The Morgan fingerprint density at radius 3 is 2.50 bits per heavy atom. The van der Waals surface area contributed by atoms with Crippen LogP contribution in [0, 0.1) is 0 Å². The van der Waals surface area contributed by atoms with Gasteiger partial charge < -0.3 is 5.11 Å². The summed E-state index contributed by atoms with van der Waals surface area (Å²) in [4.78, 5) is 18.6. The second-order valence-electron chi connectivity index (χ2n) is 3.34. The van der Waals surface area contributed by atoms with Crippen LogP contribution in [0.1, 0.15) is 5.56 Å². The van der Waals surface area contributed by atoms with Crippen LogP contribution in [0.15, 0.2) is 43.0 Å². The molecule has 16 heavy (non-hydrogen) atoms. The number of nitrogens with zero attached hydrogens (tertiary/aromatic N) is 2. The number of aromatic nitrogens is 2. The monoisotopic (exact) mass is 214 g/mol. The van der Waals surface area contributed by atoms with E-state index in [0.717, 1.165) is 11.1 Å². The minimum Gasteiger partial charge on any atom is -0.481 e. The van der Waals surface area contributed by atoms with E-state index >= 15 is 0 Å². The SMILES string of the molecule is O=C(O)Cc1cnccc1-c1ccncc1. The number of aliphatic carboxylic acids is 1. The summed E-state index contributed by atoms with van der Waals surface area (Å²) < 4.78 is 0. The lowest BCUT2D eigenvalue weighted by atomic mass is 10.0. The lowest BCUT2D eigenvalue weighted by molar-refractivity contribution is -0.136. The quantitative estimate of drug-likeness (QED) is 0.845. The average Bonchev–Trinajstić information content (AvgIpc) is 2.30. The molecule has 0 aromatic carbocycles. The summed E-state index contributed by atoms with van der Waals surface area (Å²) in [6.07, 6.45) is 6.58. The van der Waals surface area contributed by atoms with Gasteiger partial charge in [0, 0.05) is 24.8 Å². The molecule has 4 heteroatoms. The summed E-state index contributed by atoms with van der Waals surface area (Å²) in [7, 11) is 0. The second-order valence-corrected chi connectivity index (χ2v) is 3.34. The van der Waals surface area contributed by atoms with E-state index in [9.17, 15) is 4.79 Å². The Kier molecular flexibility index (Phi) is 2.91. The maximum atomic E-state index is 10.7. The first kappa shape index (κ1) is 10.3. The topological polar surface area (TPSA) is 63.1 Å². The molecule has 0 aliphatic heterocycles. The van der Waals surface area contributed by atoms with Crippen molar-refractivity contribution in [2.24, 2.45) is 0 Å². The summed E-state index contributed by atoms with van der Waals surface area (Å²) in [5.41, 5.74) is 2.55. The number of pyridine rings is 2. The van der Waals surface area contributed by atoms with E-state index in [1.807, 2.05) is 18.2 Å². The van der Waals surface area contributed by atoms with Crippen LogP contribution in [0.4, 0.5) is 0 Å². The van der Waals surface area contributed by atoms with Crippen LogP contribution in [0.2, 0.25) is 0 Å². The van der Waals surface area contributed by atoms with E-state index in [1.54, 1.807) is 24.8 Å². The van der Waals surface area contributed by atoms with Gasteiger partial charge in [-0.2, -0.15) is 0 Å². The van der Waals surface area contributed by atoms with Gasteiger partial charge in [-0.3, -0.25) is 14.8 Å². The second kappa shape index (κ2) is 4.53. The molecule has 2 rings (SSSR count). The van der Waals surface area contributed by atoms with Gasteiger partial charge in [-0.25, -0.2) is 0 Å². The zero-order valence-corrected chi connectivity index (χ0v) is 8.50. The third-order valence-electron chi connectivity index (χ3n) is 2.24. The number of rotatable bonds is 3. The molecule has 0 unspecified atom stereocenters.